The zero-order chi connectivity index (χ0) is 10.3. The fourth-order valence-corrected chi connectivity index (χ4v) is 0.981. The van der Waals surface area contributed by atoms with Gasteiger partial charge in [0.15, 0.2) is 0 Å². The summed E-state index contributed by atoms with van der Waals surface area (Å²) >= 11 is 0. The molecule has 0 aromatic rings. The highest BCUT2D eigenvalue weighted by Crippen LogP contribution is 2.33. The molecule has 0 aromatic carbocycles. The molecule has 0 spiro atoms. The smallest absolute Gasteiger partial charge is 0.329 e. The summed E-state index contributed by atoms with van der Waals surface area (Å²) in [5.74, 6) is -0.969. The van der Waals surface area contributed by atoms with E-state index in [0.29, 0.717) is 0 Å². The van der Waals surface area contributed by atoms with Gasteiger partial charge < -0.3 is 20.2 Å². The van der Waals surface area contributed by atoms with Crippen LogP contribution in [0.1, 0.15) is 0 Å². The third kappa shape index (κ3) is 11.3. The van der Waals surface area contributed by atoms with E-state index in [2.05, 4.69) is 5.32 Å². The van der Waals surface area contributed by atoms with E-state index in [1.807, 2.05) is 0 Å². The maximum atomic E-state index is 10.3. The Bertz CT molecular complexity index is 233. The van der Waals surface area contributed by atoms with Crippen LogP contribution in [0.4, 0.5) is 0 Å². The molecule has 0 aliphatic rings. The van der Waals surface area contributed by atoms with Crippen LogP contribution < -0.4 is 5.32 Å². The highest BCUT2D eigenvalue weighted by atomic mass is 31.2. The van der Waals surface area contributed by atoms with Gasteiger partial charge in [0.25, 0.3) is 0 Å². The maximum absolute atomic E-state index is 10.3. The van der Waals surface area contributed by atoms with Crippen molar-refractivity contribution in [1.82, 2.24) is 5.32 Å². The lowest BCUT2D eigenvalue weighted by Crippen LogP contribution is -2.22. The second-order valence-corrected chi connectivity index (χ2v) is 4.04. The Morgan fingerprint density at radius 2 is 2.00 bits per heavy atom. The molecule has 0 amide bonds. The van der Waals surface area contributed by atoms with Crippen LogP contribution in [-0.2, 0) is 9.36 Å². The number of aliphatic carboxylic acids is 1. The standard InChI is InChI=1S/C6H12NO5P/c8-6(9)5-7-3-1-2-4-13(10,11)12/h1-2,7H,3-5H2,(H,8,9)(H2,10,11,12)/b2-1+. The molecule has 4 N–H and O–H groups in total. The van der Waals surface area contributed by atoms with Crippen molar-refractivity contribution in [2.24, 2.45) is 0 Å². The lowest BCUT2D eigenvalue weighted by molar-refractivity contribution is -0.135. The summed E-state index contributed by atoms with van der Waals surface area (Å²) in [5, 5.41) is 10.7. The molecule has 0 aromatic heterocycles. The third-order valence-electron chi connectivity index (χ3n) is 1.05. The average Bonchev–Trinajstić information content (AvgIpc) is 1.93. The van der Waals surface area contributed by atoms with E-state index in [4.69, 9.17) is 14.9 Å². The second kappa shape index (κ2) is 5.88. The Balaban J connectivity index is 3.43. The number of hydrogen-bond donors (Lipinski definition) is 4. The molecule has 0 saturated heterocycles. The van der Waals surface area contributed by atoms with E-state index in [0.717, 1.165) is 0 Å². The van der Waals surface area contributed by atoms with Crippen molar-refractivity contribution in [1.29, 1.82) is 0 Å². The maximum Gasteiger partial charge on any atom is 0.329 e. The predicted molar refractivity (Wildman–Crippen MR) is 46.6 cm³/mol. The van der Waals surface area contributed by atoms with Crippen LogP contribution in [0.3, 0.4) is 0 Å². The van der Waals surface area contributed by atoms with Gasteiger partial charge in [-0.25, -0.2) is 0 Å². The van der Waals surface area contributed by atoms with Crippen molar-refractivity contribution >= 4 is 13.6 Å². The highest BCUT2D eigenvalue weighted by molar-refractivity contribution is 7.51. The van der Waals surface area contributed by atoms with Gasteiger partial charge in [-0.1, -0.05) is 12.2 Å². The van der Waals surface area contributed by atoms with Crippen LogP contribution in [0.15, 0.2) is 12.2 Å². The first-order valence-corrected chi connectivity index (χ1v) is 5.33. The molecule has 0 unspecified atom stereocenters. The van der Waals surface area contributed by atoms with Gasteiger partial charge in [-0.2, -0.15) is 0 Å². The fourth-order valence-electron chi connectivity index (χ4n) is 0.558. The average molecular weight is 209 g/mol. The highest BCUT2D eigenvalue weighted by Gasteiger charge is 2.07. The lowest BCUT2D eigenvalue weighted by atomic mass is 10.5. The molecule has 0 aliphatic carbocycles. The Hall–Kier alpha value is -0.680. The van der Waals surface area contributed by atoms with Crippen molar-refractivity contribution in [3.05, 3.63) is 12.2 Å². The van der Waals surface area contributed by atoms with E-state index in [-0.39, 0.29) is 19.3 Å². The Kier molecular flexibility index (Phi) is 5.57. The summed E-state index contributed by atoms with van der Waals surface area (Å²) in [7, 11) is -3.96. The minimum absolute atomic E-state index is 0.166. The first kappa shape index (κ1) is 12.3. The summed E-state index contributed by atoms with van der Waals surface area (Å²) < 4.78 is 10.3. The monoisotopic (exact) mass is 209 g/mol. The number of allylic oxidation sites excluding steroid dienone is 1. The molecule has 0 saturated carbocycles. The predicted octanol–water partition coefficient (Wildman–Crippen LogP) is -0.606. The van der Waals surface area contributed by atoms with Gasteiger partial charge in [-0.3, -0.25) is 9.36 Å². The van der Waals surface area contributed by atoms with Gasteiger partial charge in [0.2, 0.25) is 0 Å². The molecule has 0 heterocycles. The molecule has 0 atom stereocenters. The Morgan fingerprint density at radius 1 is 1.38 bits per heavy atom. The zero-order valence-corrected chi connectivity index (χ0v) is 7.78. The largest absolute Gasteiger partial charge is 0.480 e. The number of carboxylic acid groups (broad SMARTS) is 1. The van der Waals surface area contributed by atoms with Crippen LogP contribution in [0.25, 0.3) is 0 Å². The third-order valence-corrected chi connectivity index (χ3v) is 1.73. The van der Waals surface area contributed by atoms with E-state index in [1.165, 1.54) is 12.2 Å². The molecular weight excluding hydrogens is 197 g/mol. The van der Waals surface area contributed by atoms with Crippen LogP contribution in [0.5, 0.6) is 0 Å². The van der Waals surface area contributed by atoms with Crippen molar-refractivity contribution < 1.29 is 24.3 Å². The summed E-state index contributed by atoms with van der Waals surface area (Å²) in [5.41, 5.74) is 0. The van der Waals surface area contributed by atoms with Crippen LogP contribution in [-0.4, -0.2) is 40.1 Å². The second-order valence-electron chi connectivity index (χ2n) is 2.34. The van der Waals surface area contributed by atoms with Gasteiger partial charge in [-0.05, 0) is 0 Å². The number of carbonyl (C=O) groups is 1. The van der Waals surface area contributed by atoms with Gasteiger partial charge in [-0.15, -0.1) is 0 Å². The van der Waals surface area contributed by atoms with Gasteiger partial charge in [0.05, 0.1) is 12.7 Å². The molecule has 7 heteroatoms. The van der Waals surface area contributed by atoms with Crippen LogP contribution in [0, 0.1) is 0 Å². The number of nitrogens with one attached hydrogen (secondary N) is 1. The van der Waals surface area contributed by atoms with Crippen LogP contribution >= 0.6 is 7.60 Å². The fraction of sp³-hybridized carbons (Fsp3) is 0.500. The van der Waals surface area contributed by atoms with E-state index >= 15 is 0 Å². The topological polar surface area (TPSA) is 107 Å². The molecule has 13 heavy (non-hydrogen) atoms. The number of rotatable bonds is 6. The van der Waals surface area contributed by atoms with Crippen molar-refractivity contribution in [3.63, 3.8) is 0 Å². The molecule has 0 bridgehead atoms. The number of carboxylic acids is 1. The first-order chi connectivity index (χ1) is 5.92. The van der Waals surface area contributed by atoms with Crippen molar-refractivity contribution in [2.45, 2.75) is 0 Å². The molecule has 76 valence electrons. The van der Waals surface area contributed by atoms with Crippen LogP contribution in [0.2, 0.25) is 0 Å². The molecule has 0 radical (unpaired) electrons. The minimum atomic E-state index is -3.96. The summed E-state index contributed by atoms with van der Waals surface area (Å²) in [4.78, 5) is 26.8. The first-order valence-electron chi connectivity index (χ1n) is 3.54. The molecule has 6 nitrogen and oxygen atoms in total. The normalized spacial score (nSPS) is 12.2. The summed E-state index contributed by atoms with van der Waals surface area (Å²) in [6, 6.07) is 0. The summed E-state index contributed by atoms with van der Waals surface area (Å²) in [6.45, 7) is 0.118. The van der Waals surface area contributed by atoms with Crippen molar-refractivity contribution in [3.8, 4) is 0 Å². The SMILES string of the molecule is O=C(O)CNC/C=C/CP(=O)(O)O. The van der Waals surface area contributed by atoms with E-state index in [9.17, 15) is 9.36 Å². The quantitative estimate of drug-likeness (QED) is 0.264. The molecule has 0 aliphatic heterocycles. The van der Waals surface area contributed by atoms with Crippen molar-refractivity contribution in [2.75, 3.05) is 19.3 Å². The molecule has 0 fully saturated rings. The van der Waals surface area contributed by atoms with Gasteiger partial charge in [0, 0.05) is 6.54 Å². The van der Waals surface area contributed by atoms with E-state index < -0.39 is 13.6 Å². The van der Waals surface area contributed by atoms with Gasteiger partial charge >= 0.3 is 13.6 Å². The summed E-state index contributed by atoms with van der Waals surface area (Å²) in [6.07, 6.45) is 2.47. The Morgan fingerprint density at radius 3 is 2.46 bits per heavy atom. The molecule has 0 rings (SSSR count). The van der Waals surface area contributed by atoms with E-state index in [1.54, 1.807) is 0 Å². The zero-order valence-electron chi connectivity index (χ0n) is 6.88. The molecular formula is C6H12NO5P. The van der Waals surface area contributed by atoms with Gasteiger partial charge in [0.1, 0.15) is 0 Å². The minimum Gasteiger partial charge on any atom is -0.480 e. The lowest BCUT2D eigenvalue weighted by Gasteiger charge is -1.97. The number of hydrogen-bond acceptors (Lipinski definition) is 3. The Labute approximate surface area is 75.4 Å².